The Balaban J connectivity index is 1.68. The lowest BCUT2D eigenvalue weighted by Crippen LogP contribution is -2.21. The molecule has 7 heteroatoms. The fourth-order valence-corrected chi connectivity index (χ4v) is 4.43. The number of hydrogen-bond donors (Lipinski definition) is 0. The number of ether oxygens (including phenoxy) is 1. The van der Waals surface area contributed by atoms with Gasteiger partial charge in [-0.05, 0) is 46.4 Å². The molecule has 6 nitrogen and oxygen atoms in total. The van der Waals surface area contributed by atoms with E-state index in [1.165, 1.54) is 17.3 Å². The molecule has 0 bridgehead atoms. The minimum atomic E-state index is -1.18. The van der Waals surface area contributed by atoms with Crippen LogP contribution in [-0.2, 0) is 11.2 Å². The minimum Gasteiger partial charge on any atom is -0.545 e. The molecule has 1 aromatic heterocycles. The molecule has 0 saturated carbocycles. The number of rotatable bonds is 7. The van der Waals surface area contributed by atoms with Gasteiger partial charge in [-0.15, -0.1) is 10.2 Å². The Morgan fingerprint density at radius 1 is 0.941 bits per heavy atom. The summed E-state index contributed by atoms with van der Waals surface area (Å²) in [6.45, 7) is 6.57. The van der Waals surface area contributed by atoms with Gasteiger partial charge in [0.25, 0.3) is 0 Å². The molecule has 0 radical (unpaired) electrons. The SMILES string of the molecule is COc1ccc(-n2c(SCc3ccc(C(=O)[O-])cc3)nnc2-c2ccc(C(C)(C)C)cc2)cc1. The second-order valence-corrected chi connectivity index (χ2v) is 9.88. The maximum absolute atomic E-state index is 11.0. The fraction of sp³-hybridized carbons (Fsp3) is 0.222. The molecule has 0 amide bonds. The smallest absolute Gasteiger partial charge is 0.196 e. The summed E-state index contributed by atoms with van der Waals surface area (Å²) in [7, 11) is 1.64. The van der Waals surface area contributed by atoms with Gasteiger partial charge in [0, 0.05) is 17.0 Å². The highest BCUT2D eigenvalue weighted by atomic mass is 32.2. The van der Waals surface area contributed by atoms with Crippen molar-refractivity contribution in [2.45, 2.75) is 37.1 Å². The molecule has 34 heavy (non-hydrogen) atoms. The van der Waals surface area contributed by atoms with Crippen LogP contribution < -0.4 is 9.84 Å². The molecule has 0 spiro atoms. The summed E-state index contributed by atoms with van der Waals surface area (Å²) in [5.41, 5.74) is 4.36. The van der Waals surface area contributed by atoms with Crippen LogP contribution >= 0.6 is 11.8 Å². The summed E-state index contributed by atoms with van der Waals surface area (Å²) in [6.07, 6.45) is 0. The summed E-state index contributed by atoms with van der Waals surface area (Å²) in [5, 5.41) is 20.8. The maximum atomic E-state index is 11.0. The van der Waals surface area contributed by atoms with Gasteiger partial charge in [-0.1, -0.05) is 81.1 Å². The monoisotopic (exact) mass is 472 g/mol. The molecule has 4 aromatic rings. The van der Waals surface area contributed by atoms with Crippen molar-refractivity contribution in [3.8, 4) is 22.8 Å². The van der Waals surface area contributed by atoms with Gasteiger partial charge in [0.2, 0.25) is 0 Å². The van der Waals surface area contributed by atoms with Crippen molar-refractivity contribution in [2.75, 3.05) is 7.11 Å². The van der Waals surface area contributed by atoms with E-state index in [0.717, 1.165) is 33.5 Å². The molecule has 0 N–H and O–H groups in total. The number of nitrogens with zero attached hydrogens (tertiary/aromatic N) is 3. The zero-order chi connectivity index (χ0) is 24.3. The average molecular weight is 473 g/mol. The third-order valence-electron chi connectivity index (χ3n) is 5.53. The molecule has 1 heterocycles. The third kappa shape index (κ3) is 5.15. The molecule has 3 aromatic carbocycles. The molecule has 0 saturated heterocycles. The predicted octanol–water partition coefficient (Wildman–Crippen LogP) is 4.90. The van der Waals surface area contributed by atoms with Gasteiger partial charge in [-0.3, -0.25) is 4.57 Å². The first-order valence-electron chi connectivity index (χ1n) is 10.9. The third-order valence-corrected chi connectivity index (χ3v) is 6.53. The Morgan fingerprint density at radius 3 is 2.15 bits per heavy atom. The first kappa shape index (κ1) is 23.6. The van der Waals surface area contributed by atoms with Gasteiger partial charge >= 0.3 is 0 Å². The summed E-state index contributed by atoms with van der Waals surface area (Å²) in [6, 6.07) is 22.9. The summed E-state index contributed by atoms with van der Waals surface area (Å²) < 4.78 is 7.35. The van der Waals surface area contributed by atoms with Crippen molar-refractivity contribution in [3.05, 3.63) is 89.5 Å². The van der Waals surface area contributed by atoms with E-state index in [0.29, 0.717) is 5.75 Å². The van der Waals surface area contributed by atoms with Crippen molar-refractivity contribution >= 4 is 17.7 Å². The van der Waals surface area contributed by atoms with Gasteiger partial charge in [-0.2, -0.15) is 0 Å². The lowest BCUT2D eigenvalue weighted by Gasteiger charge is -2.19. The second-order valence-electron chi connectivity index (χ2n) is 8.94. The van der Waals surface area contributed by atoms with E-state index in [4.69, 9.17) is 4.74 Å². The number of hydrogen-bond acceptors (Lipinski definition) is 6. The quantitative estimate of drug-likeness (QED) is 0.356. The van der Waals surface area contributed by atoms with Crippen LogP contribution in [0.4, 0.5) is 0 Å². The maximum Gasteiger partial charge on any atom is 0.196 e. The van der Waals surface area contributed by atoms with Crippen molar-refractivity contribution in [1.82, 2.24) is 14.8 Å². The normalized spacial score (nSPS) is 11.4. The van der Waals surface area contributed by atoms with Crippen LogP contribution in [-0.4, -0.2) is 27.8 Å². The lowest BCUT2D eigenvalue weighted by atomic mass is 9.87. The average Bonchev–Trinajstić information content (AvgIpc) is 3.26. The minimum absolute atomic E-state index is 0.0649. The van der Waals surface area contributed by atoms with Crippen molar-refractivity contribution < 1.29 is 14.6 Å². The second kappa shape index (κ2) is 9.73. The highest BCUT2D eigenvalue weighted by Gasteiger charge is 2.18. The first-order chi connectivity index (χ1) is 16.3. The topological polar surface area (TPSA) is 80.1 Å². The summed E-state index contributed by atoms with van der Waals surface area (Å²) in [4.78, 5) is 11.0. The molecule has 0 aliphatic heterocycles. The van der Waals surface area contributed by atoms with Crippen LogP contribution in [0.2, 0.25) is 0 Å². The Kier molecular flexibility index (Phi) is 6.75. The van der Waals surface area contributed by atoms with E-state index in [1.54, 1.807) is 31.4 Å². The molecule has 0 aliphatic rings. The van der Waals surface area contributed by atoms with E-state index >= 15 is 0 Å². The Bertz CT molecular complexity index is 1270. The van der Waals surface area contributed by atoms with Gasteiger partial charge in [-0.25, -0.2) is 0 Å². The molecular weight excluding hydrogens is 446 g/mol. The van der Waals surface area contributed by atoms with Gasteiger partial charge in [0.1, 0.15) is 5.75 Å². The summed E-state index contributed by atoms with van der Waals surface area (Å²) >= 11 is 1.54. The van der Waals surface area contributed by atoms with Gasteiger partial charge < -0.3 is 14.6 Å². The molecule has 0 unspecified atom stereocenters. The number of carboxylic acids is 1. The number of carboxylic acid groups (broad SMARTS) is 1. The number of methoxy groups -OCH3 is 1. The van der Waals surface area contributed by atoms with E-state index < -0.39 is 5.97 Å². The Hall–Kier alpha value is -3.58. The van der Waals surface area contributed by atoms with Crippen molar-refractivity contribution in [2.24, 2.45) is 0 Å². The number of aromatic carboxylic acids is 1. The Labute approximate surface area is 203 Å². The van der Waals surface area contributed by atoms with Crippen molar-refractivity contribution in [3.63, 3.8) is 0 Å². The molecule has 174 valence electrons. The number of benzene rings is 3. The predicted molar refractivity (Wildman–Crippen MR) is 132 cm³/mol. The number of thioether (sulfide) groups is 1. The number of carbonyl (C=O) groups is 1. The van der Waals surface area contributed by atoms with Crippen LogP contribution in [0.3, 0.4) is 0 Å². The van der Waals surface area contributed by atoms with Crippen LogP contribution in [0.25, 0.3) is 17.1 Å². The van der Waals surface area contributed by atoms with E-state index in [-0.39, 0.29) is 11.0 Å². The first-order valence-corrected chi connectivity index (χ1v) is 11.9. The van der Waals surface area contributed by atoms with Crippen LogP contribution in [0.15, 0.2) is 78.0 Å². The molecule has 0 atom stereocenters. The van der Waals surface area contributed by atoms with Gasteiger partial charge in [0.15, 0.2) is 11.0 Å². The Morgan fingerprint density at radius 2 is 1.59 bits per heavy atom. The largest absolute Gasteiger partial charge is 0.545 e. The van der Waals surface area contributed by atoms with E-state index in [2.05, 4.69) is 55.2 Å². The van der Waals surface area contributed by atoms with Crippen LogP contribution in [0.1, 0.15) is 42.3 Å². The molecule has 4 rings (SSSR count). The number of carbonyl (C=O) groups excluding carboxylic acids is 1. The molecule has 0 fully saturated rings. The lowest BCUT2D eigenvalue weighted by molar-refractivity contribution is -0.255. The number of aromatic nitrogens is 3. The summed E-state index contributed by atoms with van der Waals surface area (Å²) in [5.74, 6) is 0.959. The molecular formula is C27H26N3O3S-. The molecule has 0 aliphatic carbocycles. The zero-order valence-electron chi connectivity index (χ0n) is 19.6. The van der Waals surface area contributed by atoms with Crippen LogP contribution in [0.5, 0.6) is 5.75 Å². The van der Waals surface area contributed by atoms with Gasteiger partial charge in [0.05, 0.1) is 13.1 Å². The van der Waals surface area contributed by atoms with Crippen molar-refractivity contribution in [1.29, 1.82) is 0 Å². The van der Waals surface area contributed by atoms with E-state index in [9.17, 15) is 9.90 Å². The zero-order valence-corrected chi connectivity index (χ0v) is 20.4. The highest BCUT2D eigenvalue weighted by molar-refractivity contribution is 7.98. The highest BCUT2D eigenvalue weighted by Crippen LogP contribution is 2.32. The fourth-order valence-electron chi connectivity index (χ4n) is 3.52. The van der Waals surface area contributed by atoms with Crippen LogP contribution in [0, 0.1) is 0 Å². The van der Waals surface area contributed by atoms with E-state index in [1.807, 2.05) is 28.8 Å². The standard InChI is InChI=1S/C27H27N3O3S/c1-27(2,3)21-11-9-19(10-12-21)24-28-29-26(30(24)22-13-15-23(33-4)16-14-22)34-17-18-5-7-20(8-6-18)25(31)32/h5-16H,17H2,1-4H3,(H,31,32)/p-1.